The molecule has 1 aromatic carbocycles. The molecule has 1 saturated carbocycles. The summed E-state index contributed by atoms with van der Waals surface area (Å²) in [4.78, 5) is 25.5. The monoisotopic (exact) mass is 386 g/mol. The van der Waals surface area contributed by atoms with Gasteiger partial charge in [-0.2, -0.15) is 11.8 Å². The Kier molecular flexibility index (Phi) is 5.09. The van der Waals surface area contributed by atoms with Crippen LogP contribution in [0.15, 0.2) is 17.0 Å². The van der Waals surface area contributed by atoms with Gasteiger partial charge in [-0.05, 0) is 49.6 Å². The molecule has 4 nitrogen and oxygen atoms in total. The number of ketones is 2. The van der Waals surface area contributed by atoms with Crippen LogP contribution in [0, 0.1) is 5.92 Å². The summed E-state index contributed by atoms with van der Waals surface area (Å²) < 4.78 is 24.3. The van der Waals surface area contributed by atoms with E-state index in [1.807, 2.05) is 6.26 Å². The Balaban J connectivity index is 2.04. The maximum Gasteiger partial charge on any atom is 0.178 e. The van der Waals surface area contributed by atoms with Gasteiger partial charge in [-0.15, -0.1) is 0 Å². The molecule has 2 atom stereocenters. The summed E-state index contributed by atoms with van der Waals surface area (Å²) in [6.07, 6.45) is 5.01. The maximum absolute atomic E-state index is 13.0. The predicted molar refractivity (Wildman–Crippen MR) is 95.8 cm³/mol. The molecule has 3 rings (SSSR count). The van der Waals surface area contributed by atoms with Crippen LogP contribution >= 0.6 is 23.4 Å². The molecule has 2 unspecified atom stereocenters. The Labute approximate surface area is 151 Å². The highest BCUT2D eigenvalue weighted by Crippen LogP contribution is 2.37. The van der Waals surface area contributed by atoms with E-state index in [4.69, 9.17) is 11.6 Å². The van der Waals surface area contributed by atoms with Crippen molar-refractivity contribution in [3.05, 3.63) is 28.3 Å². The highest BCUT2D eigenvalue weighted by Gasteiger charge is 2.39. The van der Waals surface area contributed by atoms with Crippen molar-refractivity contribution in [3.8, 4) is 0 Å². The average molecular weight is 387 g/mol. The molecule has 1 heterocycles. The van der Waals surface area contributed by atoms with Gasteiger partial charge in [-0.25, -0.2) is 8.42 Å². The average Bonchev–Trinajstić information content (AvgIpc) is 2.54. The second-order valence-corrected chi connectivity index (χ2v) is 9.83. The van der Waals surface area contributed by atoms with Crippen LogP contribution < -0.4 is 0 Å². The third-order valence-corrected chi connectivity index (χ3v) is 8.28. The lowest BCUT2D eigenvalue weighted by molar-refractivity contribution is -0.122. The fourth-order valence-electron chi connectivity index (χ4n) is 3.61. The van der Waals surface area contributed by atoms with Crippen molar-refractivity contribution in [2.75, 3.05) is 12.0 Å². The molecule has 0 spiro atoms. The molecule has 7 heteroatoms. The molecule has 1 aromatic rings. The van der Waals surface area contributed by atoms with Gasteiger partial charge in [0, 0.05) is 17.2 Å². The molecular formula is C17H19ClO4S2. The van der Waals surface area contributed by atoms with Crippen LogP contribution in [0.25, 0.3) is 0 Å². The minimum absolute atomic E-state index is 0.0328. The number of rotatable bonds is 3. The summed E-state index contributed by atoms with van der Waals surface area (Å²) in [5.41, 5.74) is 0.810. The largest absolute Gasteiger partial charge is 0.299 e. The van der Waals surface area contributed by atoms with Crippen LogP contribution in [0.2, 0.25) is 5.02 Å². The number of halogens is 1. The lowest BCUT2D eigenvalue weighted by Gasteiger charge is -2.28. The van der Waals surface area contributed by atoms with E-state index >= 15 is 0 Å². The van der Waals surface area contributed by atoms with E-state index in [2.05, 4.69) is 0 Å². The highest BCUT2D eigenvalue weighted by atomic mass is 35.5. The van der Waals surface area contributed by atoms with Crippen LogP contribution in [0.5, 0.6) is 0 Å². The van der Waals surface area contributed by atoms with Gasteiger partial charge >= 0.3 is 0 Å². The summed E-state index contributed by atoms with van der Waals surface area (Å²) in [7, 11) is -3.32. The summed E-state index contributed by atoms with van der Waals surface area (Å²) in [5.74, 6) is -0.870. The Morgan fingerprint density at radius 2 is 2.00 bits per heavy atom. The zero-order valence-electron chi connectivity index (χ0n) is 13.4. The van der Waals surface area contributed by atoms with Gasteiger partial charge in [0.2, 0.25) is 0 Å². The van der Waals surface area contributed by atoms with E-state index in [9.17, 15) is 18.0 Å². The number of carbonyl (C=O) groups excluding carboxylic acids is 2. The van der Waals surface area contributed by atoms with E-state index in [1.54, 1.807) is 0 Å². The number of hydrogen-bond acceptors (Lipinski definition) is 5. The molecule has 1 aliphatic heterocycles. The third-order valence-electron chi connectivity index (χ3n) is 4.86. The van der Waals surface area contributed by atoms with Crippen molar-refractivity contribution >= 4 is 44.8 Å². The first-order valence-corrected chi connectivity index (χ1v) is 11.3. The molecule has 1 aliphatic carbocycles. The summed E-state index contributed by atoms with van der Waals surface area (Å²) in [6.45, 7) is 0. The zero-order chi connectivity index (χ0) is 17.5. The number of benzene rings is 1. The fraction of sp³-hybridized carbons (Fsp3) is 0.529. The number of thioether (sulfide) groups is 1. The Morgan fingerprint density at radius 1 is 1.25 bits per heavy atom. The Morgan fingerprint density at radius 3 is 2.71 bits per heavy atom. The second kappa shape index (κ2) is 6.81. The molecule has 0 N–H and O–H groups in total. The number of fused-ring (bicyclic) bond motifs is 1. The van der Waals surface area contributed by atoms with Gasteiger partial charge in [0.15, 0.2) is 15.6 Å². The van der Waals surface area contributed by atoms with Crippen molar-refractivity contribution in [2.24, 2.45) is 5.92 Å². The highest BCUT2D eigenvalue weighted by molar-refractivity contribution is 7.99. The van der Waals surface area contributed by atoms with Crippen molar-refractivity contribution in [2.45, 2.75) is 42.2 Å². The first-order valence-electron chi connectivity index (χ1n) is 8.00. The van der Waals surface area contributed by atoms with Gasteiger partial charge in [0.1, 0.15) is 5.78 Å². The first kappa shape index (κ1) is 18.0. The normalized spacial score (nSPS) is 26.0. The van der Waals surface area contributed by atoms with E-state index < -0.39 is 15.8 Å². The molecule has 0 saturated heterocycles. The molecule has 2 aliphatic rings. The fourth-order valence-corrected chi connectivity index (χ4v) is 6.57. The SMILES string of the molecule is CSC1CCCC(=O)C1C(=O)c1ccc2c(c1Cl)CCCS2(=O)=O. The minimum Gasteiger partial charge on any atom is -0.299 e. The molecule has 0 amide bonds. The zero-order valence-corrected chi connectivity index (χ0v) is 15.8. The van der Waals surface area contributed by atoms with Crippen LogP contribution in [-0.4, -0.2) is 37.2 Å². The molecule has 0 bridgehead atoms. The minimum atomic E-state index is -3.32. The van der Waals surface area contributed by atoms with E-state index in [0.29, 0.717) is 24.8 Å². The maximum atomic E-state index is 13.0. The number of carbonyl (C=O) groups is 2. The Bertz CT molecular complexity index is 801. The van der Waals surface area contributed by atoms with Crippen molar-refractivity contribution in [3.63, 3.8) is 0 Å². The van der Waals surface area contributed by atoms with Crippen molar-refractivity contribution in [1.82, 2.24) is 0 Å². The van der Waals surface area contributed by atoms with Gasteiger partial charge < -0.3 is 0 Å². The van der Waals surface area contributed by atoms with Gasteiger partial charge in [-0.3, -0.25) is 9.59 Å². The van der Waals surface area contributed by atoms with Gasteiger partial charge in [-0.1, -0.05) is 11.6 Å². The van der Waals surface area contributed by atoms with E-state index in [1.165, 1.54) is 23.9 Å². The van der Waals surface area contributed by atoms with Gasteiger partial charge in [0.05, 0.1) is 21.6 Å². The number of Topliss-reactive ketones (excluding diaryl/α,β-unsaturated/α-hetero) is 2. The molecule has 0 aromatic heterocycles. The summed E-state index contributed by atoms with van der Waals surface area (Å²) in [6, 6.07) is 2.95. The molecule has 1 fully saturated rings. The Hall–Kier alpha value is -0.850. The van der Waals surface area contributed by atoms with E-state index in [0.717, 1.165) is 12.8 Å². The molecule has 24 heavy (non-hydrogen) atoms. The summed E-state index contributed by atoms with van der Waals surface area (Å²) >= 11 is 7.94. The van der Waals surface area contributed by atoms with Crippen LogP contribution in [0.1, 0.15) is 41.6 Å². The molecular weight excluding hydrogens is 368 g/mol. The smallest absolute Gasteiger partial charge is 0.178 e. The number of sulfone groups is 1. The van der Waals surface area contributed by atoms with E-state index in [-0.39, 0.29) is 38.1 Å². The van der Waals surface area contributed by atoms with Crippen molar-refractivity contribution < 1.29 is 18.0 Å². The molecule has 130 valence electrons. The first-order chi connectivity index (χ1) is 11.4. The topological polar surface area (TPSA) is 68.3 Å². The second-order valence-electron chi connectivity index (χ2n) is 6.30. The molecule has 0 radical (unpaired) electrons. The predicted octanol–water partition coefficient (Wildman–Crippen LogP) is 3.34. The third kappa shape index (κ3) is 3.04. The standard InChI is InChI=1S/C17H19ClO4S2/c1-23-13-6-2-5-12(19)15(13)17(20)11-7-8-14-10(16(11)18)4-3-9-24(14,21)22/h7-8,13,15H,2-6,9H2,1H3. The van der Waals surface area contributed by atoms with Crippen LogP contribution in [-0.2, 0) is 21.1 Å². The van der Waals surface area contributed by atoms with Gasteiger partial charge in [0.25, 0.3) is 0 Å². The van der Waals surface area contributed by atoms with Crippen molar-refractivity contribution in [1.29, 1.82) is 0 Å². The number of hydrogen-bond donors (Lipinski definition) is 0. The summed E-state index contributed by atoms with van der Waals surface area (Å²) in [5, 5.41) is 0.175. The lowest BCUT2D eigenvalue weighted by atomic mass is 9.82. The quantitative estimate of drug-likeness (QED) is 0.588. The van der Waals surface area contributed by atoms with Crippen LogP contribution in [0.3, 0.4) is 0 Å². The van der Waals surface area contributed by atoms with Crippen LogP contribution in [0.4, 0.5) is 0 Å². The lowest BCUT2D eigenvalue weighted by Crippen LogP contribution is -2.37.